The highest BCUT2D eigenvalue weighted by atomic mass is 16.6. The average molecular weight is 373 g/mol. The molecule has 0 fully saturated rings. The van der Waals surface area contributed by atoms with E-state index in [0.717, 1.165) is 0 Å². The molecule has 2 amide bonds. The van der Waals surface area contributed by atoms with Crippen molar-refractivity contribution in [2.24, 2.45) is 0 Å². The number of carbonyl (C=O) groups excluding carboxylic acids is 2. The van der Waals surface area contributed by atoms with Crippen LogP contribution in [0.4, 0.5) is 5.69 Å². The smallest absolute Gasteiger partial charge is 0.282 e. The Balaban J connectivity index is 1.89. The third-order valence-electron chi connectivity index (χ3n) is 3.69. The van der Waals surface area contributed by atoms with E-state index in [1.807, 2.05) is 0 Å². The largest absolute Gasteiger partial charge is 0.493 e. The summed E-state index contributed by atoms with van der Waals surface area (Å²) in [6.07, 6.45) is 0. The summed E-state index contributed by atoms with van der Waals surface area (Å²) < 4.78 is 10.3. The highest BCUT2D eigenvalue weighted by Crippen LogP contribution is 2.27. The molecule has 0 saturated carbocycles. The molecule has 27 heavy (non-hydrogen) atoms. The molecule has 0 unspecified atom stereocenters. The first-order valence-electron chi connectivity index (χ1n) is 7.99. The van der Waals surface area contributed by atoms with Crippen molar-refractivity contribution in [1.82, 2.24) is 10.6 Å². The van der Waals surface area contributed by atoms with Gasteiger partial charge in [0.1, 0.15) is 5.56 Å². The number of ether oxygens (including phenoxy) is 2. The molecule has 142 valence electrons. The van der Waals surface area contributed by atoms with Crippen molar-refractivity contribution in [3.05, 3.63) is 63.7 Å². The molecule has 2 aromatic rings. The number of nitrogens with zero attached hydrogens (tertiary/aromatic N) is 1. The normalized spacial score (nSPS) is 10.0. The molecular formula is C18H19N3O6. The zero-order valence-corrected chi connectivity index (χ0v) is 14.9. The number of amides is 2. The molecule has 9 heteroatoms. The summed E-state index contributed by atoms with van der Waals surface area (Å²) in [6.45, 7) is 0.267. The van der Waals surface area contributed by atoms with Crippen LogP contribution in [0.2, 0.25) is 0 Å². The summed E-state index contributed by atoms with van der Waals surface area (Å²) >= 11 is 0. The molecule has 2 aromatic carbocycles. The van der Waals surface area contributed by atoms with Crippen molar-refractivity contribution in [3.8, 4) is 11.5 Å². The second-order valence-electron chi connectivity index (χ2n) is 5.36. The van der Waals surface area contributed by atoms with E-state index in [-0.39, 0.29) is 30.2 Å². The molecule has 0 bridgehead atoms. The van der Waals surface area contributed by atoms with E-state index < -0.39 is 10.8 Å². The van der Waals surface area contributed by atoms with Gasteiger partial charge in [0, 0.05) is 24.7 Å². The van der Waals surface area contributed by atoms with Gasteiger partial charge < -0.3 is 20.1 Å². The number of hydrogen-bond acceptors (Lipinski definition) is 6. The molecule has 9 nitrogen and oxygen atoms in total. The molecule has 0 saturated heterocycles. The number of para-hydroxylation sites is 1. The van der Waals surface area contributed by atoms with Gasteiger partial charge in [-0.2, -0.15) is 0 Å². The van der Waals surface area contributed by atoms with Crippen LogP contribution in [-0.4, -0.2) is 44.0 Å². The van der Waals surface area contributed by atoms with Gasteiger partial charge in [-0.3, -0.25) is 19.7 Å². The third-order valence-corrected chi connectivity index (χ3v) is 3.69. The van der Waals surface area contributed by atoms with Crippen LogP contribution in [0.3, 0.4) is 0 Å². The lowest BCUT2D eigenvalue weighted by Crippen LogP contribution is -2.34. The minimum Gasteiger partial charge on any atom is -0.493 e. The highest BCUT2D eigenvalue weighted by molar-refractivity contribution is 5.98. The van der Waals surface area contributed by atoms with Crippen molar-refractivity contribution < 1.29 is 24.0 Å². The van der Waals surface area contributed by atoms with E-state index in [9.17, 15) is 19.7 Å². The van der Waals surface area contributed by atoms with E-state index in [1.54, 1.807) is 24.3 Å². The first-order chi connectivity index (χ1) is 13.0. The minimum atomic E-state index is -0.617. The van der Waals surface area contributed by atoms with Gasteiger partial charge in [0.15, 0.2) is 11.5 Å². The fourth-order valence-corrected chi connectivity index (χ4v) is 2.35. The lowest BCUT2D eigenvalue weighted by atomic mass is 10.1. The van der Waals surface area contributed by atoms with E-state index in [4.69, 9.17) is 9.47 Å². The standard InChI is InChI=1S/C18H19N3O6/c1-26-15-8-7-12(11-16(15)27-2)17(22)19-9-10-20-18(23)13-5-3-4-6-14(13)21(24)25/h3-8,11H,9-10H2,1-2H3,(H,19,22)(H,20,23). The molecule has 0 aliphatic heterocycles. The average Bonchev–Trinajstić information content (AvgIpc) is 2.70. The Bertz CT molecular complexity index is 853. The maximum Gasteiger partial charge on any atom is 0.282 e. The summed E-state index contributed by atoms with van der Waals surface area (Å²) in [7, 11) is 2.97. The Labute approximate surface area is 155 Å². The van der Waals surface area contributed by atoms with Gasteiger partial charge in [0.2, 0.25) is 0 Å². The molecule has 0 spiro atoms. The lowest BCUT2D eigenvalue weighted by Gasteiger charge is -2.10. The van der Waals surface area contributed by atoms with E-state index in [2.05, 4.69) is 10.6 Å². The zero-order chi connectivity index (χ0) is 19.8. The van der Waals surface area contributed by atoms with E-state index in [0.29, 0.717) is 17.1 Å². The summed E-state index contributed by atoms with van der Waals surface area (Å²) in [5.74, 6) is -0.000770. The SMILES string of the molecule is COc1ccc(C(=O)NCCNC(=O)c2ccccc2[N+](=O)[O-])cc1OC. The Hall–Kier alpha value is -3.62. The van der Waals surface area contributed by atoms with Gasteiger partial charge in [0.25, 0.3) is 17.5 Å². The first kappa shape index (κ1) is 19.7. The molecule has 0 atom stereocenters. The lowest BCUT2D eigenvalue weighted by molar-refractivity contribution is -0.385. The number of nitro benzene ring substituents is 1. The Kier molecular flexibility index (Phi) is 6.70. The molecule has 0 aromatic heterocycles. The quantitative estimate of drug-likeness (QED) is 0.413. The summed E-state index contributed by atoms with van der Waals surface area (Å²) in [4.78, 5) is 34.6. The van der Waals surface area contributed by atoms with Crippen molar-refractivity contribution >= 4 is 17.5 Å². The second-order valence-corrected chi connectivity index (χ2v) is 5.36. The van der Waals surface area contributed by atoms with Crippen LogP contribution >= 0.6 is 0 Å². The van der Waals surface area contributed by atoms with Gasteiger partial charge in [-0.05, 0) is 24.3 Å². The van der Waals surface area contributed by atoms with Gasteiger partial charge in [-0.1, -0.05) is 12.1 Å². The van der Waals surface area contributed by atoms with Gasteiger partial charge in [-0.15, -0.1) is 0 Å². The molecule has 0 aliphatic rings. The number of carbonyl (C=O) groups is 2. The number of benzene rings is 2. The molecule has 0 aliphatic carbocycles. The van der Waals surface area contributed by atoms with Crippen LogP contribution in [0, 0.1) is 10.1 Å². The number of nitrogens with one attached hydrogen (secondary N) is 2. The van der Waals surface area contributed by atoms with E-state index in [1.165, 1.54) is 32.4 Å². The Morgan fingerprint density at radius 3 is 2.22 bits per heavy atom. The predicted octanol–water partition coefficient (Wildman–Crippen LogP) is 1.77. The maximum absolute atomic E-state index is 12.2. The molecule has 0 heterocycles. The number of rotatable bonds is 8. The maximum atomic E-state index is 12.2. The highest BCUT2D eigenvalue weighted by Gasteiger charge is 2.18. The van der Waals surface area contributed by atoms with Crippen LogP contribution in [0.15, 0.2) is 42.5 Å². The molecule has 2 rings (SSSR count). The number of hydrogen-bond donors (Lipinski definition) is 2. The molecular weight excluding hydrogens is 354 g/mol. The third kappa shape index (κ3) is 4.94. The topological polar surface area (TPSA) is 120 Å². The van der Waals surface area contributed by atoms with Gasteiger partial charge in [0.05, 0.1) is 19.1 Å². The van der Waals surface area contributed by atoms with Gasteiger partial charge >= 0.3 is 0 Å². The molecule has 2 N–H and O–H groups in total. The molecule has 0 radical (unpaired) electrons. The van der Waals surface area contributed by atoms with Crippen LogP contribution in [0.1, 0.15) is 20.7 Å². The second kappa shape index (κ2) is 9.18. The fourth-order valence-electron chi connectivity index (χ4n) is 2.35. The van der Waals surface area contributed by atoms with Crippen molar-refractivity contribution in [2.75, 3.05) is 27.3 Å². The monoisotopic (exact) mass is 373 g/mol. The fraction of sp³-hybridized carbons (Fsp3) is 0.222. The van der Waals surface area contributed by atoms with Crippen LogP contribution in [-0.2, 0) is 0 Å². The minimum absolute atomic E-state index is 0.0336. The Morgan fingerprint density at radius 1 is 0.963 bits per heavy atom. The number of nitro groups is 1. The van der Waals surface area contributed by atoms with E-state index >= 15 is 0 Å². The first-order valence-corrected chi connectivity index (χ1v) is 7.99. The predicted molar refractivity (Wildman–Crippen MR) is 97.3 cm³/mol. The Morgan fingerprint density at radius 2 is 1.59 bits per heavy atom. The summed E-state index contributed by atoms with van der Waals surface area (Å²) in [5.41, 5.74) is 0.0655. The zero-order valence-electron chi connectivity index (χ0n) is 14.9. The van der Waals surface area contributed by atoms with Gasteiger partial charge in [-0.25, -0.2) is 0 Å². The van der Waals surface area contributed by atoms with Crippen molar-refractivity contribution in [3.63, 3.8) is 0 Å². The van der Waals surface area contributed by atoms with Crippen LogP contribution < -0.4 is 20.1 Å². The van der Waals surface area contributed by atoms with Crippen LogP contribution in [0.5, 0.6) is 11.5 Å². The van der Waals surface area contributed by atoms with Crippen LogP contribution in [0.25, 0.3) is 0 Å². The number of methoxy groups -OCH3 is 2. The van der Waals surface area contributed by atoms with Crippen molar-refractivity contribution in [1.29, 1.82) is 0 Å². The van der Waals surface area contributed by atoms with Crippen molar-refractivity contribution in [2.45, 2.75) is 0 Å². The summed E-state index contributed by atoms with van der Waals surface area (Å²) in [5, 5.41) is 16.1. The summed E-state index contributed by atoms with van der Waals surface area (Å²) in [6, 6.07) is 10.4.